The maximum absolute atomic E-state index is 12.3. The highest BCUT2D eigenvalue weighted by molar-refractivity contribution is 7.19. The highest BCUT2D eigenvalue weighted by Gasteiger charge is 2.30. The summed E-state index contributed by atoms with van der Waals surface area (Å²) in [5.41, 5.74) is 1.79. The molecule has 0 radical (unpaired) electrons. The van der Waals surface area contributed by atoms with Gasteiger partial charge in [0.2, 0.25) is 5.91 Å². The fourth-order valence-corrected chi connectivity index (χ4v) is 3.67. The fourth-order valence-electron chi connectivity index (χ4n) is 2.41. The van der Waals surface area contributed by atoms with Crippen LogP contribution in [0.3, 0.4) is 0 Å². The molecule has 1 aliphatic carbocycles. The zero-order valence-corrected chi connectivity index (χ0v) is 14.7. The topological polar surface area (TPSA) is 94.1 Å². The van der Waals surface area contributed by atoms with Gasteiger partial charge < -0.3 is 14.9 Å². The molecule has 0 aromatic carbocycles. The Balaban J connectivity index is 2.48. The van der Waals surface area contributed by atoms with Crippen molar-refractivity contribution in [1.82, 2.24) is 0 Å². The van der Waals surface area contributed by atoms with E-state index >= 15 is 0 Å². The quantitative estimate of drug-likeness (QED) is 0.499. The van der Waals surface area contributed by atoms with Gasteiger partial charge in [-0.2, -0.15) is 0 Å². The standard InChI is InChI=1S/C16H20N2O5S/c1-4-12(20)17-15-13(16(21)22-5-2)10-7-6-8-11(14(10)24-15)18-23-9(3)19/h4-8H2,1-3H3,(H,17,20). The van der Waals surface area contributed by atoms with Gasteiger partial charge in [-0.1, -0.05) is 12.1 Å². The summed E-state index contributed by atoms with van der Waals surface area (Å²) >= 11 is 1.26. The molecule has 7 nitrogen and oxygen atoms in total. The van der Waals surface area contributed by atoms with E-state index in [1.54, 1.807) is 13.8 Å². The summed E-state index contributed by atoms with van der Waals surface area (Å²) in [6.45, 7) is 4.99. The predicted molar refractivity (Wildman–Crippen MR) is 90.4 cm³/mol. The van der Waals surface area contributed by atoms with Gasteiger partial charge in [0, 0.05) is 13.3 Å². The van der Waals surface area contributed by atoms with Crippen molar-refractivity contribution in [1.29, 1.82) is 0 Å². The van der Waals surface area contributed by atoms with Gasteiger partial charge in [0.05, 0.1) is 22.8 Å². The largest absolute Gasteiger partial charge is 0.462 e. The van der Waals surface area contributed by atoms with Gasteiger partial charge in [-0.25, -0.2) is 9.59 Å². The lowest BCUT2D eigenvalue weighted by Crippen LogP contribution is -2.16. The van der Waals surface area contributed by atoms with Gasteiger partial charge in [-0.05, 0) is 31.7 Å². The Morgan fingerprint density at radius 2 is 2.00 bits per heavy atom. The number of carbonyl (C=O) groups is 3. The second kappa shape index (κ2) is 8.05. The van der Waals surface area contributed by atoms with Crippen molar-refractivity contribution in [2.75, 3.05) is 11.9 Å². The molecule has 1 heterocycles. The monoisotopic (exact) mass is 352 g/mol. The van der Waals surface area contributed by atoms with E-state index in [1.807, 2.05) is 0 Å². The highest BCUT2D eigenvalue weighted by atomic mass is 32.1. The molecule has 1 aliphatic rings. The van der Waals surface area contributed by atoms with Gasteiger partial charge in [-0.15, -0.1) is 11.3 Å². The first-order valence-corrected chi connectivity index (χ1v) is 8.67. The Labute approximate surface area is 144 Å². The van der Waals surface area contributed by atoms with Crippen LogP contribution >= 0.6 is 11.3 Å². The molecule has 0 saturated carbocycles. The van der Waals surface area contributed by atoms with Crippen molar-refractivity contribution < 1.29 is 24.0 Å². The lowest BCUT2D eigenvalue weighted by atomic mass is 9.94. The van der Waals surface area contributed by atoms with Gasteiger partial charge in [0.15, 0.2) is 0 Å². The minimum absolute atomic E-state index is 0.183. The van der Waals surface area contributed by atoms with Crippen molar-refractivity contribution in [2.45, 2.75) is 46.5 Å². The number of rotatable bonds is 5. The molecule has 0 atom stereocenters. The van der Waals surface area contributed by atoms with E-state index in [0.29, 0.717) is 35.5 Å². The summed E-state index contributed by atoms with van der Waals surface area (Å²) in [7, 11) is 0. The number of esters is 1. The van der Waals surface area contributed by atoms with Crippen LogP contribution in [0.4, 0.5) is 5.00 Å². The third-order valence-electron chi connectivity index (χ3n) is 3.45. The van der Waals surface area contributed by atoms with E-state index in [4.69, 9.17) is 9.57 Å². The highest BCUT2D eigenvalue weighted by Crippen LogP contribution is 2.39. The smallest absolute Gasteiger partial charge is 0.341 e. The first-order valence-electron chi connectivity index (χ1n) is 7.85. The SMILES string of the molecule is CCOC(=O)c1c(NC(=O)CC)sc2c1CCCC2=NOC(C)=O. The number of nitrogens with one attached hydrogen (secondary N) is 1. The molecule has 130 valence electrons. The van der Waals surface area contributed by atoms with Crippen molar-refractivity contribution in [3.8, 4) is 0 Å². The van der Waals surface area contributed by atoms with E-state index in [0.717, 1.165) is 16.9 Å². The summed E-state index contributed by atoms with van der Waals surface area (Å²) in [5.74, 6) is -1.15. The number of carbonyl (C=O) groups excluding carboxylic acids is 3. The molecule has 1 amide bonds. The molecule has 0 bridgehead atoms. The molecule has 0 fully saturated rings. The number of hydrogen-bond acceptors (Lipinski definition) is 7. The zero-order chi connectivity index (χ0) is 17.7. The van der Waals surface area contributed by atoms with Crippen LogP contribution in [-0.2, 0) is 25.6 Å². The minimum atomic E-state index is -0.503. The molecule has 0 saturated heterocycles. The Kier molecular flexibility index (Phi) is 6.08. The first-order chi connectivity index (χ1) is 11.5. The van der Waals surface area contributed by atoms with Crippen molar-refractivity contribution in [2.24, 2.45) is 5.16 Å². The average molecular weight is 352 g/mol. The molecule has 24 heavy (non-hydrogen) atoms. The van der Waals surface area contributed by atoms with Crippen LogP contribution in [0.15, 0.2) is 5.16 Å². The van der Waals surface area contributed by atoms with Gasteiger partial charge in [0.1, 0.15) is 5.00 Å². The van der Waals surface area contributed by atoms with Crippen LogP contribution < -0.4 is 5.32 Å². The number of hydrogen-bond donors (Lipinski definition) is 1. The summed E-state index contributed by atoms with van der Waals surface area (Å²) in [5, 5.41) is 7.11. The van der Waals surface area contributed by atoms with Crippen LogP contribution in [0.5, 0.6) is 0 Å². The van der Waals surface area contributed by atoms with Gasteiger partial charge in [-0.3, -0.25) is 4.79 Å². The van der Waals surface area contributed by atoms with E-state index in [2.05, 4.69) is 10.5 Å². The van der Waals surface area contributed by atoms with E-state index < -0.39 is 11.9 Å². The second-order valence-corrected chi connectivity index (χ2v) is 6.23. The number of oxime groups is 1. The minimum Gasteiger partial charge on any atom is -0.462 e. The molecular weight excluding hydrogens is 332 g/mol. The van der Waals surface area contributed by atoms with E-state index in [9.17, 15) is 14.4 Å². The van der Waals surface area contributed by atoms with Crippen LogP contribution in [0.25, 0.3) is 0 Å². The summed E-state index contributed by atoms with van der Waals surface area (Å²) < 4.78 is 5.13. The fraction of sp³-hybridized carbons (Fsp3) is 0.500. The Morgan fingerprint density at radius 3 is 2.62 bits per heavy atom. The van der Waals surface area contributed by atoms with Crippen LogP contribution in [0.2, 0.25) is 0 Å². The predicted octanol–water partition coefficient (Wildman–Crippen LogP) is 2.88. The maximum Gasteiger partial charge on any atom is 0.341 e. The van der Waals surface area contributed by atoms with Gasteiger partial charge >= 0.3 is 11.9 Å². The van der Waals surface area contributed by atoms with Crippen molar-refractivity contribution >= 4 is 39.9 Å². The number of thiophene rings is 1. The van der Waals surface area contributed by atoms with Crippen LogP contribution in [-0.4, -0.2) is 30.2 Å². The molecule has 2 rings (SSSR count). The molecule has 0 unspecified atom stereocenters. The number of nitrogens with zero attached hydrogens (tertiary/aromatic N) is 1. The summed E-state index contributed by atoms with van der Waals surface area (Å²) in [4.78, 5) is 40.6. The number of anilines is 1. The molecule has 1 aromatic rings. The zero-order valence-electron chi connectivity index (χ0n) is 13.9. The average Bonchev–Trinajstić information content (AvgIpc) is 2.91. The Bertz CT molecular complexity index is 693. The maximum atomic E-state index is 12.3. The third kappa shape index (κ3) is 4.00. The van der Waals surface area contributed by atoms with Gasteiger partial charge in [0.25, 0.3) is 0 Å². The van der Waals surface area contributed by atoms with Crippen molar-refractivity contribution in [3.05, 3.63) is 16.0 Å². The van der Waals surface area contributed by atoms with E-state index in [-0.39, 0.29) is 12.5 Å². The second-order valence-electron chi connectivity index (χ2n) is 5.21. The lowest BCUT2D eigenvalue weighted by molar-refractivity contribution is -0.140. The Hall–Kier alpha value is -2.22. The number of amides is 1. The Morgan fingerprint density at radius 1 is 1.25 bits per heavy atom. The molecule has 8 heteroatoms. The number of ether oxygens (including phenoxy) is 1. The lowest BCUT2D eigenvalue weighted by Gasteiger charge is -2.14. The molecular formula is C16H20N2O5S. The normalized spacial score (nSPS) is 14.9. The summed E-state index contributed by atoms with van der Waals surface area (Å²) in [6.07, 6.45) is 2.40. The van der Waals surface area contributed by atoms with Crippen LogP contribution in [0.1, 0.15) is 60.8 Å². The number of fused-ring (bicyclic) bond motifs is 1. The van der Waals surface area contributed by atoms with Crippen molar-refractivity contribution in [3.63, 3.8) is 0 Å². The molecule has 0 spiro atoms. The van der Waals surface area contributed by atoms with E-state index in [1.165, 1.54) is 18.3 Å². The van der Waals surface area contributed by atoms with Crippen LogP contribution in [0, 0.1) is 0 Å². The molecule has 1 aromatic heterocycles. The first kappa shape index (κ1) is 18.1. The third-order valence-corrected chi connectivity index (χ3v) is 4.64. The summed E-state index contributed by atoms with van der Waals surface area (Å²) in [6, 6.07) is 0. The molecule has 1 N–H and O–H groups in total. The molecule has 0 aliphatic heterocycles.